The van der Waals surface area contributed by atoms with Gasteiger partial charge < -0.3 is 4.98 Å². The summed E-state index contributed by atoms with van der Waals surface area (Å²) in [5, 5.41) is 3.38. The lowest BCUT2D eigenvalue weighted by Crippen LogP contribution is -2.28. The largest absolute Gasteiger partial charge is 0.333 e. The molecule has 9 nitrogen and oxygen atoms in total. The molecule has 0 atom stereocenters. The van der Waals surface area contributed by atoms with Gasteiger partial charge in [0.1, 0.15) is 11.3 Å². The number of aromatic amines is 2. The molecule has 2 rings (SSSR count). The third kappa shape index (κ3) is 2.55. The first-order valence-electron chi connectivity index (χ1n) is 5.50. The van der Waals surface area contributed by atoms with Gasteiger partial charge in [-0.25, -0.2) is 9.78 Å². The Morgan fingerprint density at radius 3 is 3.00 bits per heavy atom. The van der Waals surface area contributed by atoms with Gasteiger partial charge in [-0.3, -0.25) is 14.3 Å². The SMILES string of the molecule is Cn1c(=O)[nH]c(=O)c2[nH]c(C=CCCN=[N+]=[N-])nc21. The van der Waals surface area contributed by atoms with Crippen molar-refractivity contribution in [1.29, 1.82) is 0 Å². The van der Waals surface area contributed by atoms with Gasteiger partial charge in [0.15, 0.2) is 5.65 Å². The van der Waals surface area contributed by atoms with Gasteiger partial charge in [-0.05, 0) is 18.0 Å². The minimum absolute atomic E-state index is 0.247. The summed E-state index contributed by atoms with van der Waals surface area (Å²) in [6.07, 6.45) is 3.99. The summed E-state index contributed by atoms with van der Waals surface area (Å²) in [5.41, 5.74) is 7.64. The summed E-state index contributed by atoms with van der Waals surface area (Å²) >= 11 is 0. The number of fused-ring (bicyclic) bond motifs is 1. The molecule has 98 valence electrons. The van der Waals surface area contributed by atoms with Crippen molar-refractivity contribution >= 4 is 17.2 Å². The summed E-state index contributed by atoms with van der Waals surface area (Å²) in [4.78, 5) is 34.7. The van der Waals surface area contributed by atoms with Crippen LogP contribution in [0.2, 0.25) is 0 Å². The van der Waals surface area contributed by atoms with Gasteiger partial charge in [0, 0.05) is 18.5 Å². The molecule has 0 radical (unpaired) electrons. The lowest BCUT2D eigenvalue weighted by molar-refractivity contribution is 0.832. The van der Waals surface area contributed by atoms with E-state index in [2.05, 4.69) is 25.0 Å². The topological polar surface area (TPSA) is 132 Å². The van der Waals surface area contributed by atoms with Gasteiger partial charge in [0.2, 0.25) is 0 Å². The summed E-state index contributed by atoms with van der Waals surface area (Å²) in [6, 6.07) is 0. The van der Waals surface area contributed by atoms with Gasteiger partial charge in [-0.1, -0.05) is 11.2 Å². The Balaban J connectivity index is 2.34. The highest BCUT2D eigenvalue weighted by Crippen LogP contribution is 2.05. The summed E-state index contributed by atoms with van der Waals surface area (Å²) in [5.74, 6) is 0.461. The number of aryl methyl sites for hydroxylation is 1. The van der Waals surface area contributed by atoms with E-state index in [4.69, 9.17) is 5.53 Å². The van der Waals surface area contributed by atoms with Crippen LogP contribution in [0.5, 0.6) is 0 Å². The standard InChI is InChI=1S/C10H11N7O2/c1-17-8-7(9(18)15-10(17)19)13-6(14-8)4-2-3-5-12-16-11/h2,4H,3,5H2,1H3,(H,13,14)(H,15,18,19). The number of hydrogen-bond donors (Lipinski definition) is 2. The monoisotopic (exact) mass is 261 g/mol. The summed E-state index contributed by atoms with van der Waals surface area (Å²) in [6.45, 7) is 0.353. The van der Waals surface area contributed by atoms with E-state index in [1.54, 1.807) is 12.2 Å². The van der Waals surface area contributed by atoms with Crippen LogP contribution in [-0.2, 0) is 7.05 Å². The molecular weight excluding hydrogens is 250 g/mol. The quantitative estimate of drug-likeness (QED) is 0.362. The van der Waals surface area contributed by atoms with Crippen molar-refractivity contribution in [1.82, 2.24) is 19.5 Å². The van der Waals surface area contributed by atoms with E-state index in [9.17, 15) is 9.59 Å². The number of azide groups is 1. The molecule has 2 aromatic heterocycles. The Kier molecular flexibility index (Phi) is 3.48. The molecule has 0 fully saturated rings. The van der Waals surface area contributed by atoms with Gasteiger partial charge >= 0.3 is 5.69 Å². The van der Waals surface area contributed by atoms with E-state index in [0.717, 1.165) is 0 Å². The number of rotatable bonds is 4. The third-order valence-corrected chi connectivity index (χ3v) is 2.51. The maximum atomic E-state index is 11.6. The zero-order valence-electron chi connectivity index (χ0n) is 10.1. The van der Waals surface area contributed by atoms with E-state index in [-0.39, 0.29) is 5.52 Å². The molecule has 0 aromatic carbocycles. The Morgan fingerprint density at radius 2 is 2.26 bits per heavy atom. The van der Waals surface area contributed by atoms with Crippen molar-refractivity contribution in [2.45, 2.75) is 6.42 Å². The molecule has 19 heavy (non-hydrogen) atoms. The molecule has 9 heteroatoms. The molecule has 0 unspecified atom stereocenters. The second-order valence-electron chi connectivity index (χ2n) is 3.78. The van der Waals surface area contributed by atoms with Crippen LogP contribution in [0, 0.1) is 0 Å². The molecule has 0 aliphatic carbocycles. The summed E-state index contributed by atoms with van der Waals surface area (Å²) in [7, 11) is 1.52. The Hall–Kier alpha value is -2.80. The van der Waals surface area contributed by atoms with E-state index in [1.807, 2.05) is 0 Å². The van der Waals surface area contributed by atoms with Crippen molar-refractivity contribution in [3.63, 3.8) is 0 Å². The summed E-state index contributed by atoms with van der Waals surface area (Å²) < 4.78 is 1.25. The van der Waals surface area contributed by atoms with Crippen LogP contribution in [-0.4, -0.2) is 26.1 Å². The van der Waals surface area contributed by atoms with E-state index < -0.39 is 11.2 Å². The van der Waals surface area contributed by atoms with Crippen LogP contribution in [0.15, 0.2) is 20.8 Å². The van der Waals surface area contributed by atoms with Crippen LogP contribution in [0.25, 0.3) is 27.7 Å². The highest BCUT2D eigenvalue weighted by atomic mass is 16.2. The zero-order valence-corrected chi connectivity index (χ0v) is 10.1. The number of H-pyrrole nitrogens is 2. The van der Waals surface area contributed by atoms with Crippen molar-refractivity contribution in [2.75, 3.05) is 6.54 Å². The number of hydrogen-bond acceptors (Lipinski definition) is 4. The highest BCUT2D eigenvalue weighted by Gasteiger charge is 2.08. The van der Waals surface area contributed by atoms with Gasteiger partial charge in [0.05, 0.1) is 0 Å². The van der Waals surface area contributed by atoms with Crippen molar-refractivity contribution < 1.29 is 0 Å². The predicted octanol–water partition coefficient (Wildman–Crippen LogP) is 0.663. The van der Waals surface area contributed by atoms with Crippen LogP contribution in [0.4, 0.5) is 0 Å². The fraction of sp³-hybridized carbons (Fsp3) is 0.300. The van der Waals surface area contributed by atoms with Crippen LogP contribution < -0.4 is 11.2 Å². The Morgan fingerprint density at radius 1 is 1.47 bits per heavy atom. The smallest absolute Gasteiger partial charge is 0.329 e. The molecule has 0 aliphatic heterocycles. The van der Waals surface area contributed by atoms with Crippen LogP contribution >= 0.6 is 0 Å². The Labute approximate surface area is 106 Å². The first kappa shape index (κ1) is 12.7. The first-order valence-corrected chi connectivity index (χ1v) is 5.50. The van der Waals surface area contributed by atoms with Gasteiger partial charge in [0.25, 0.3) is 5.56 Å². The second kappa shape index (κ2) is 5.23. The molecule has 2 aromatic rings. The van der Waals surface area contributed by atoms with Gasteiger partial charge in [-0.15, -0.1) is 0 Å². The van der Waals surface area contributed by atoms with E-state index >= 15 is 0 Å². The van der Waals surface area contributed by atoms with Crippen molar-refractivity contribution in [3.8, 4) is 0 Å². The number of imidazole rings is 1. The van der Waals surface area contributed by atoms with Crippen LogP contribution in [0.3, 0.4) is 0 Å². The maximum absolute atomic E-state index is 11.6. The molecule has 0 spiro atoms. The molecule has 0 saturated carbocycles. The molecule has 0 bridgehead atoms. The molecule has 0 amide bonds. The lowest BCUT2D eigenvalue weighted by atomic mass is 10.4. The number of nitrogens with one attached hydrogen (secondary N) is 2. The average molecular weight is 261 g/mol. The lowest BCUT2D eigenvalue weighted by Gasteiger charge is -1.94. The fourth-order valence-electron chi connectivity index (χ4n) is 1.57. The van der Waals surface area contributed by atoms with Crippen molar-refractivity contribution in [2.24, 2.45) is 12.2 Å². The normalized spacial score (nSPS) is 11.0. The molecule has 2 heterocycles. The average Bonchev–Trinajstić information content (AvgIpc) is 2.81. The fourth-order valence-corrected chi connectivity index (χ4v) is 1.57. The van der Waals surface area contributed by atoms with Crippen molar-refractivity contribution in [3.05, 3.63) is 43.2 Å². The second-order valence-corrected chi connectivity index (χ2v) is 3.78. The molecular formula is C10H11N7O2. The molecule has 2 N–H and O–H groups in total. The van der Waals surface area contributed by atoms with Crippen LogP contribution in [0.1, 0.15) is 12.2 Å². The Bertz CT molecular complexity index is 788. The first-order chi connectivity index (χ1) is 9.13. The highest BCUT2D eigenvalue weighted by molar-refractivity contribution is 5.71. The van der Waals surface area contributed by atoms with Gasteiger partial charge in [-0.2, -0.15) is 0 Å². The minimum Gasteiger partial charge on any atom is -0.333 e. The molecule has 0 aliphatic rings. The predicted molar refractivity (Wildman–Crippen MR) is 69.6 cm³/mol. The number of nitrogens with zero attached hydrogens (tertiary/aromatic N) is 5. The van der Waals surface area contributed by atoms with E-state index in [1.165, 1.54) is 11.6 Å². The number of aromatic nitrogens is 4. The minimum atomic E-state index is -0.511. The zero-order chi connectivity index (χ0) is 13.8. The molecule has 0 saturated heterocycles. The maximum Gasteiger partial charge on any atom is 0.329 e. The third-order valence-electron chi connectivity index (χ3n) is 2.51. The van der Waals surface area contributed by atoms with E-state index in [0.29, 0.717) is 24.4 Å².